The molecule has 1 aromatic carbocycles. The number of aryl methyl sites for hydroxylation is 1. The summed E-state index contributed by atoms with van der Waals surface area (Å²) in [6.07, 6.45) is 7.29. The van der Waals surface area contributed by atoms with Gasteiger partial charge in [-0.05, 0) is 44.9 Å². The van der Waals surface area contributed by atoms with Gasteiger partial charge in [-0.25, -0.2) is 9.97 Å². The fourth-order valence-corrected chi connectivity index (χ4v) is 3.39. The van der Waals surface area contributed by atoms with Crippen molar-refractivity contribution >= 4 is 17.5 Å². The number of amides is 1. The van der Waals surface area contributed by atoms with Crippen LogP contribution in [-0.4, -0.2) is 28.5 Å². The number of hydrogen-bond donors (Lipinski definition) is 2. The first-order valence-electron chi connectivity index (χ1n) is 9.81. The van der Waals surface area contributed by atoms with E-state index in [2.05, 4.69) is 20.6 Å². The van der Waals surface area contributed by atoms with Gasteiger partial charge in [0.1, 0.15) is 11.4 Å². The Kier molecular flexibility index (Phi) is 6.63. The normalized spacial score (nSPS) is 15.0. The number of hydrogen-bond acceptors (Lipinski definition) is 5. The van der Waals surface area contributed by atoms with Crippen LogP contribution in [0.25, 0.3) is 0 Å². The molecule has 0 spiro atoms. The van der Waals surface area contributed by atoms with Crippen molar-refractivity contribution in [2.75, 3.05) is 17.2 Å². The van der Waals surface area contributed by atoms with Gasteiger partial charge in [0.25, 0.3) is 5.91 Å². The molecule has 1 fully saturated rings. The fourth-order valence-electron chi connectivity index (χ4n) is 3.39. The molecule has 6 nitrogen and oxygen atoms in total. The topological polar surface area (TPSA) is 76.1 Å². The van der Waals surface area contributed by atoms with Crippen molar-refractivity contribution in [2.45, 2.75) is 58.4 Å². The minimum atomic E-state index is -0.267. The van der Waals surface area contributed by atoms with Crippen molar-refractivity contribution in [3.8, 4) is 5.75 Å². The van der Waals surface area contributed by atoms with Gasteiger partial charge >= 0.3 is 0 Å². The lowest BCUT2D eigenvalue weighted by Crippen LogP contribution is -2.22. The zero-order valence-corrected chi connectivity index (χ0v) is 16.1. The minimum absolute atomic E-state index is 0.267. The van der Waals surface area contributed by atoms with E-state index >= 15 is 0 Å². The van der Waals surface area contributed by atoms with Gasteiger partial charge in [-0.3, -0.25) is 4.79 Å². The number of aromatic nitrogens is 2. The quantitative estimate of drug-likeness (QED) is 0.731. The number of para-hydroxylation sites is 2. The van der Waals surface area contributed by atoms with Gasteiger partial charge < -0.3 is 15.4 Å². The Bertz CT molecular complexity index is 771. The average Bonchev–Trinajstić information content (AvgIpc) is 2.92. The van der Waals surface area contributed by atoms with Crippen LogP contribution in [0.2, 0.25) is 0 Å². The van der Waals surface area contributed by atoms with Crippen LogP contribution >= 0.6 is 0 Å². The minimum Gasteiger partial charge on any atom is -0.492 e. The predicted octanol–water partition coefficient (Wildman–Crippen LogP) is 4.57. The highest BCUT2D eigenvalue weighted by Crippen LogP contribution is 2.24. The molecule has 1 heterocycles. The predicted molar refractivity (Wildman–Crippen MR) is 107 cm³/mol. The summed E-state index contributed by atoms with van der Waals surface area (Å²) in [5.41, 5.74) is 1.76. The average molecular weight is 368 g/mol. The van der Waals surface area contributed by atoms with Crippen LogP contribution < -0.4 is 15.4 Å². The fraction of sp³-hybridized carbons (Fsp3) is 0.476. The van der Waals surface area contributed by atoms with E-state index < -0.39 is 0 Å². The molecule has 1 aromatic heterocycles. The maximum atomic E-state index is 12.7. The summed E-state index contributed by atoms with van der Waals surface area (Å²) in [5.74, 6) is 0.914. The second-order valence-corrected chi connectivity index (χ2v) is 6.93. The van der Waals surface area contributed by atoms with Crippen molar-refractivity contribution in [3.63, 3.8) is 0 Å². The molecular weight excluding hydrogens is 340 g/mol. The summed E-state index contributed by atoms with van der Waals surface area (Å²) in [4.78, 5) is 21.7. The molecule has 0 saturated heterocycles. The number of ether oxygens (including phenoxy) is 1. The zero-order valence-electron chi connectivity index (χ0n) is 16.1. The second-order valence-electron chi connectivity index (χ2n) is 6.93. The van der Waals surface area contributed by atoms with E-state index in [1.807, 2.05) is 38.1 Å². The van der Waals surface area contributed by atoms with Crippen LogP contribution in [-0.2, 0) is 0 Å². The van der Waals surface area contributed by atoms with E-state index in [4.69, 9.17) is 4.74 Å². The molecule has 0 atom stereocenters. The Hall–Kier alpha value is -2.63. The summed E-state index contributed by atoms with van der Waals surface area (Å²) < 4.78 is 5.57. The molecule has 1 aliphatic carbocycles. The summed E-state index contributed by atoms with van der Waals surface area (Å²) in [5, 5.41) is 6.32. The lowest BCUT2D eigenvalue weighted by molar-refractivity contribution is 0.102. The highest BCUT2D eigenvalue weighted by atomic mass is 16.5. The van der Waals surface area contributed by atoms with Gasteiger partial charge in [0, 0.05) is 11.7 Å². The van der Waals surface area contributed by atoms with Crippen LogP contribution in [0.3, 0.4) is 0 Å². The molecule has 0 bridgehead atoms. The summed E-state index contributed by atoms with van der Waals surface area (Å²) in [6.45, 7) is 4.33. The summed E-state index contributed by atoms with van der Waals surface area (Å²) >= 11 is 0. The number of rotatable bonds is 6. The highest BCUT2D eigenvalue weighted by molar-refractivity contribution is 6.03. The lowest BCUT2D eigenvalue weighted by Gasteiger charge is -2.17. The van der Waals surface area contributed by atoms with Crippen LogP contribution in [0.15, 0.2) is 30.3 Å². The molecule has 1 aliphatic rings. The summed E-state index contributed by atoms with van der Waals surface area (Å²) in [6, 6.07) is 9.48. The number of carbonyl (C=O) groups excluding carboxylic acids is 1. The third kappa shape index (κ3) is 5.42. The SMILES string of the molecule is CCOc1ccccc1NC(=O)c1cc(C)nc(NC2CCCCCC2)n1. The first-order chi connectivity index (χ1) is 13.2. The first kappa shape index (κ1) is 19.1. The largest absolute Gasteiger partial charge is 0.492 e. The number of nitrogens with zero attached hydrogens (tertiary/aromatic N) is 2. The van der Waals surface area contributed by atoms with Gasteiger partial charge in [-0.15, -0.1) is 0 Å². The number of carbonyl (C=O) groups is 1. The van der Waals surface area contributed by atoms with E-state index in [1.165, 1.54) is 25.7 Å². The molecule has 0 aliphatic heterocycles. The number of benzene rings is 1. The smallest absolute Gasteiger partial charge is 0.274 e. The maximum Gasteiger partial charge on any atom is 0.274 e. The van der Waals surface area contributed by atoms with Crippen molar-refractivity contribution in [1.82, 2.24) is 9.97 Å². The van der Waals surface area contributed by atoms with Crippen LogP contribution in [0, 0.1) is 6.92 Å². The molecule has 3 rings (SSSR count). The molecule has 0 unspecified atom stereocenters. The number of anilines is 2. The third-order valence-corrected chi connectivity index (χ3v) is 4.71. The van der Waals surface area contributed by atoms with Crippen LogP contribution in [0.5, 0.6) is 5.75 Å². The Morgan fingerprint density at radius 1 is 1.15 bits per heavy atom. The van der Waals surface area contributed by atoms with E-state index in [0.717, 1.165) is 18.5 Å². The maximum absolute atomic E-state index is 12.7. The number of nitrogens with one attached hydrogen (secondary N) is 2. The third-order valence-electron chi connectivity index (χ3n) is 4.71. The van der Waals surface area contributed by atoms with Gasteiger partial charge in [-0.2, -0.15) is 0 Å². The van der Waals surface area contributed by atoms with Crippen molar-refractivity contribution in [1.29, 1.82) is 0 Å². The molecule has 1 amide bonds. The molecule has 6 heteroatoms. The Balaban J connectivity index is 1.74. The standard InChI is InChI=1S/C21H28N4O2/c1-3-27-19-13-9-8-12-17(19)24-20(26)18-14-15(2)22-21(25-18)23-16-10-6-4-5-7-11-16/h8-9,12-14,16H,3-7,10-11H2,1-2H3,(H,24,26)(H,22,23,25). The monoisotopic (exact) mass is 368 g/mol. The highest BCUT2D eigenvalue weighted by Gasteiger charge is 2.16. The lowest BCUT2D eigenvalue weighted by atomic mass is 10.1. The molecule has 1 saturated carbocycles. The molecule has 27 heavy (non-hydrogen) atoms. The Morgan fingerprint density at radius 3 is 2.63 bits per heavy atom. The second kappa shape index (κ2) is 9.35. The molecule has 2 N–H and O–H groups in total. The van der Waals surface area contributed by atoms with Crippen molar-refractivity contribution < 1.29 is 9.53 Å². The summed E-state index contributed by atoms with van der Waals surface area (Å²) in [7, 11) is 0. The molecule has 144 valence electrons. The van der Waals surface area contributed by atoms with Gasteiger partial charge in [0.05, 0.1) is 12.3 Å². The van der Waals surface area contributed by atoms with Gasteiger partial charge in [-0.1, -0.05) is 37.8 Å². The zero-order chi connectivity index (χ0) is 19.1. The Morgan fingerprint density at radius 2 is 1.89 bits per heavy atom. The van der Waals surface area contributed by atoms with Gasteiger partial charge in [0.2, 0.25) is 5.95 Å². The van der Waals surface area contributed by atoms with E-state index in [1.54, 1.807) is 6.07 Å². The van der Waals surface area contributed by atoms with Crippen molar-refractivity contribution in [2.24, 2.45) is 0 Å². The van der Waals surface area contributed by atoms with E-state index in [9.17, 15) is 4.79 Å². The Labute approximate surface area is 160 Å². The van der Waals surface area contributed by atoms with Crippen molar-refractivity contribution in [3.05, 3.63) is 41.7 Å². The molecule has 0 radical (unpaired) electrons. The van der Waals surface area contributed by atoms with Crippen LogP contribution in [0.4, 0.5) is 11.6 Å². The van der Waals surface area contributed by atoms with E-state index in [-0.39, 0.29) is 5.91 Å². The van der Waals surface area contributed by atoms with Gasteiger partial charge in [0.15, 0.2) is 0 Å². The van der Waals surface area contributed by atoms with E-state index in [0.29, 0.717) is 35.7 Å². The molecule has 2 aromatic rings. The first-order valence-corrected chi connectivity index (χ1v) is 9.81. The van der Waals surface area contributed by atoms with Crippen LogP contribution in [0.1, 0.15) is 61.6 Å². The molecular formula is C21H28N4O2.